The molecule has 3 aliphatic carbocycles. The number of hydrogen-bond donors (Lipinski definition) is 2. The molecule has 1 saturated carbocycles. The van der Waals surface area contributed by atoms with Gasteiger partial charge in [-0.2, -0.15) is 0 Å². The number of aromatic nitrogens is 2. The van der Waals surface area contributed by atoms with Gasteiger partial charge in [0, 0.05) is 31.7 Å². The fraction of sp³-hybridized carbons (Fsp3) is 0.647. The van der Waals surface area contributed by atoms with Crippen LogP contribution >= 0.6 is 12.2 Å². The second-order valence-corrected chi connectivity index (χ2v) is 8.06. The molecule has 2 bridgehead atoms. The number of aromatic amines is 2. The third-order valence-electron chi connectivity index (χ3n) is 6.18. The van der Waals surface area contributed by atoms with Gasteiger partial charge in [-0.3, -0.25) is 14.7 Å². The van der Waals surface area contributed by atoms with Gasteiger partial charge in [0.15, 0.2) is 4.77 Å². The Morgan fingerprint density at radius 1 is 1.41 bits per heavy atom. The number of nitrogens with zero attached hydrogens (tertiary/aromatic N) is 1. The smallest absolute Gasteiger partial charge is 0.256 e. The first-order valence-electron chi connectivity index (χ1n) is 8.21. The van der Waals surface area contributed by atoms with Gasteiger partial charge in [-0.15, -0.1) is 0 Å². The zero-order chi connectivity index (χ0) is 15.5. The van der Waals surface area contributed by atoms with Crippen molar-refractivity contribution in [1.29, 1.82) is 0 Å². The Morgan fingerprint density at radius 3 is 2.95 bits per heavy atom. The van der Waals surface area contributed by atoms with Crippen molar-refractivity contribution in [3.63, 3.8) is 0 Å². The predicted octanol–water partition coefficient (Wildman–Crippen LogP) is 2.78. The van der Waals surface area contributed by atoms with Crippen LogP contribution < -0.4 is 5.56 Å². The molecule has 0 saturated heterocycles. The second-order valence-electron chi connectivity index (χ2n) is 7.65. The van der Waals surface area contributed by atoms with Crippen molar-refractivity contribution in [3.8, 4) is 0 Å². The lowest BCUT2D eigenvalue weighted by molar-refractivity contribution is -0.0110. The summed E-state index contributed by atoms with van der Waals surface area (Å²) >= 11 is 5.06. The molecule has 2 heterocycles. The van der Waals surface area contributed by atoms with Crippen LogP contribution in [0.2, 0.25) is 0 Å². The zero-order valence-corrected chi connectivity index (χ0v) is 14.1. The monoisotopic (exact) mass is 317 g/mol. The summed E-state index contributed by atoms with van der Waals surface area (Å²) in [6.07, 6.45) is 5.93. The Morgan fingerprint density at radius 2 is 2.23 bits per heavy atom. The molecule has 4 nitrogen and oxygen atoms in total. The highest BCUT2D eigenvalue weighted by Crippen LogP contribution is 2.59. The first-order chi connectivity index (χ1) is 10.4. The molecule has 2 N–H and O–H groups in total. The maximum Gasteiger partial charge on any atom is 0.256 e. The number of nitrogens with one attached hydrogen (secondary N) is 2. The van der Waals surface area contributed by atoms with Gasteiger partial charge in [0.2, 0.25) is 0 Å². The molecule has 0 spiro atoms. The molecule has 1 aliphatic heterocycles. The van der Waals surface area contributed by atoms with E-state index in [0.717, 1.165) is 49.1 Å². The van der Waals surface area contributed by atoms with Gasteiger partial charge in [-0.1, -0.05) is 25.5 Å². The first-order valence-corrected chi connectivity index (χ1v) is 8.61. The Kier molecular flexibility index (Phi) is 3.20. The van der Waals surface area contributed by atoms with E-state index in [1.54, 1.807) is 5.57 Å². The summed E-state index contributed by atoms with van der Waals surface area (Å²) in [5.74, 6) is 1.62. The largest absolute Gasteiger partial charge is 0.335 e. The molecule has 0 radical (unpaired) electrons. The first kappa shape index (κ1) is 14.4. The van der Waals surface area contributed by atoms with Gasteiger partial charge in [0.1, 0.15) is 0 Å². The lowest BCUT2D eigenvalue weighted by atomic mass is 9.49. The summed E-state index contributed by atoms with van der Waals surface area (Å²) in [7, 11) is 0. The highest BCUT2D eigenvalue weighted by atomic mass is 32.1. The van der Waals surface area contributed by atoms with Gasteiger partial charge < -0.3 is 4.98 Å². The second kappa shape index (κ2) is 4.90. The number of rotatable bonds is 2. The molecule has 2 unspecified atom stereocenters. The van der Waals surface area contributed by atoms with Crippen LogP contribution in [0.4, 0.5) is 0 Å². The molecule has 1 fully saturated rings. The Bertz CT molecular complexity index is 758. The highest BCUT2D eigenvalue weighted by molar-refractivity contribution is 7.71. The van der Waals surface area contributed by atoms with Crippen LogP contribution in [0.5, 0.6) is 0 Å². The number of fused-ring (bicyclic) bond motifs is 2. The summed E-state index contributed by atoms with van der Waals surface area (Å²) in [4.78, 5) is 20.4. The molecule has 2 atom stereocenters. The van der Waals surface area contributed by atoms with E-state index in [9.17, 15) is 4.79 Å². The number of H-pyrrole nitrogens is 2. The van der Waals surface area contributed by atoms with Crippen molar-refractivity contribution in [2.45, 2.75) is 39.7 Å². The van der Waals surface area contributed by atoms with Crippen LogP contribution in [0.3, 0.4) is 0 Å². The minimum absolute atomic E-state index is 0.0230. The normalized spacial score (nSPS) is 29.5. The molecule has 118 valence electrons. The van der Waals surface area contributed by atoms with Crippen LogP contribution in [0.15, 0.2) is 16.4 Å². The molecule has 5 rings (SSSR count). The lowest BCUT2D eigenvalue weighted by Gasteiger charge is -2.57. The van der Waals surface area contributed by atoms with Crippen LogP contribution in [-0.4, -0.2) is 28.0 Å². The van der Waals surface area contributed by atoms with E-state index in [0.29, 0.717) is 10.2 Å². The van der Waals surface area contributed by atoms with E-state index in [1.807, 2.05) is 0 Å². The molecule has 1 aromatic rings. The van der Waals surface area contributed by atoms with E-state index >= 15 is 0 Å². The third kappa shape index (κ3) is 2.14. The predicted molar refractivity (Wildman–Crippen MR) is 89.3 cm³/mol. The van der Waals surface area contributed by atoms with Gasteiger partial charge >= 0.3 is 0 Å². The number of allylic oxidation sites excluding steroid dienone is 1. The molecule has 5 heteroatoms. The highest BCUT2D eigenvalue weighted by Gasteiger charge is 2.51. The van der Waals surface area contributed by atoms with E-state index in [-0.39, 0.29) is 5.56 Å². The summed E-state index contributed by atoms with van der Waals surface area (Å²) in [6.45, 7) is 7.56. The maximum absolute atomic E-state index is 12.1. The topological polar surface area (TPSA) is 51.9 Å². The zero-order valence-electron chi connectivity index (χ0n) is 13.2. The maximum atomic E-state index is 12.1. The van der Waals surface area contributed by atoms with Gasteiger partial charge in [-0.25, -0.2) is 0 Å². The molecule has 0 aromatic carbocycles. The van der Waals surface area contributed by atoms with Crippen molar-refractivity contribution in [1.82, 2.24) is 14.9 Å². The van der Waals surface area contributed by atoms with Crippen molar-refractivity contribution >= 4 is 12.2 Å². The van der Waals surface area contributed by atoms with Crippen LogP contribution in [0, 0.1) is 22.0 Å². The quantitative estimate of drug-likeness (QED) is 0.651. The standard InChI is InChI=1S/C17H23N3OS/c1-17(2)11-4-3-10(13(17)7-11)8-20-6-5-14-12(9-20)15(21)19-16(22)18-14/h3,11,13H,4-9H2,1-2H3,(H2,18,19,21,22). The van der Waals surface area contributed by atoms with Crippen molar-refractivity contribution in [2.24, 2.45) is 17.3 Å². The Labute approximate surface area is 135 Å². The van der Waals surface area contributed by atoms with E-state index < -0.39 is 0 Å². The minimum atomic E-state index is -0.0230. The van der Waals surface area contributed by atoms with E-state index in [1.165, 1.54) is 12.8 Å². The Balaban J connectivity index is 1.53. The SMILES string of the molecule is CC1(C)C2CC=C(CN3CCc4[nH]c(=S)[nH]c(=O)c4C3)C1C2. The average molecular weight is 317 g/mol. The Hall–Kier alpha value is -1.20. The van der Waals surface area contributed by atoms with Gasteiger partial charge in [0.05, 0.1) is 5.56 Å². The van der Waals surface area contributed by atoms with Crippen molar-refractivity contribution < 1.29 is 0 Å². The van der Waals surface area contributed by atoms with Crippen molar-refractivity contribution in [2.75, 3.05) is 13.1 Å². The van der Waals surface area contributed by atoms with Gasteiger partial charge in [-0.05, 0) is 42.3 Å². The molecular weight excluding hydrogens is 294 g/mol. The molecule has 22 heavy (non-hydrogen) atoms. The lowest BCUT2D eigenvalue weighted by Crippen LogP contribution is -2.50. The van der Waals surface area contributed by atoms with Crippen LogP contribution in [0.25, 0.3) is 0 Å². The summed E-state index contributed by atoms with van der Waals surface area (Å²) in [5, 5.41) is 0. The summed E-state index contributed by atoms with van der Waals surface area (Å²) in [6, 6.07) is 0. The van der Waals surface area contributed by atoms with Crippen LogP contribution in [0.1, 0.15) is 37.9 Å². The van der Waals surface area contributed by atoms with Crippen molar-refractivity contribution in [3.05, 3.63) is 38.0 Å². The van der Waals surface area contributed by atoms with E-state index in [4.69, 9.17) is 12.2 Å². The fourth-order valence-corrected chi connectivity index (χ4v) is 4.78. The van der Waals surface area contributed by atoms with E-state index in [2.05, 4.69) is 34.8 Å². The molecular formula is C17H23N3OS. The summed E-state index contributed by atoms with van der Waals surface area (Å²) < 4.78 is 0.439. The minimum Gasteiger partial charge on any atom is -0.335 e. The molecule has 4 aliphatic rings. The number of hydrogen-bond acceptors (Lipinski definition) is 3. The van der Waals surface area contributed by atoms with Gasteiger partial charge in [0.25, 0.3) is 5.56 Å². The third-order valence-corrected chi connectivity index (χ3v) is 6.38. The molecule has 0 amide bonds. The fourth-order valence-electron chi connectivity index (χ4n) is 4.56. The average Bonchev–Trinajstić information content (AvgIpc) is 2.48. The van der Waals surface area contributed by atoms with Crippen LogP contribution in [-0.2, 0) is 13.0 Å². The summed E-state index contributed by atoms with van der Waals surface area (Å²) in [5.41, 5.74) is 3.93. The molecule has 1 aromatic heterocycles.